The highest BCUT2D eigenvalue weighted by molar-refractivity contribution is 5.97. The molecule has 4 heterocycles. The minimum absolute atomic E-state index is 0.173. The molecule has 0 saturated carbocycles. The number of unbranched alkanes of at least 4 members (excludes halogenated alkanes) is 1. The molecule has 0 bridgehead atoms. The van der Waals surface area contributed by atoms with E-state index in [1.807, 2.05) is 0 Å². The van der Waals surface area contributed by atoms with Gasteiger partial charge in [-0.15, -0.1) is 0 Å². The topological polar surface area (TPSA) is 99.4 Å². The molecule has 1 unspecified atom stereocenters. The molecule has 5 rings (SSSR count). The highest BCUT2D eigenvalue weighted by Crippen LogP contribution is 2.33. The number of rotatable bonds is 6. The summed E-state index contributed by atoms with van der Waals surface area (Å²) in [5, 5.41) is 5.10. The molecule has 0 radical (unpaired) electrons. The van der Waals surface area contributed by atoms with Gasteiger partial charge in [0.05, 0.1) is 18.8 Å². The van der Waals surface area contributed by atoms with E-state index in [0.29, 0.717) is 37.7 Å². The minimum Gasteiger partial charge on any atom is -0.453 e. The highest BCUT2D eigenvalue weighted by Gasteiger charge is 2.42. The Balaban J connectivity index is 1.05. The van der Waals surface area contributed by atoms with Gasteiger partial charge in [0, 0.05) is 50.0 Å². The molecule has 3 saturated heterocycles. The third-order valence-electron chi connectivity index (χ3n) is 7.65. The maximum absolute atomic E-state index is 13.4. The van der Waals surface area contributed by atoms with Crippen molar-refractivity contribution in [1.82, 2.24) is 24.8 Å². The molecule has 36 heavy (non-hydrogen) atoms. The van der Waals surface area contributed by atoms with Crippen LogP contribution in [0.25, 0.3) is 11.0 Å². The molecule has 3 aliphatic rings. The van der Waals surface area contributed by atoms with Crippen LogP contribution >= 0.6 is 0 Å². The molecule has 11 heteroatoms. The molecule has 3 aliphatic heterocycles. The van der Waals surface area contributed by atoms with Crippen LogP contribution in [0.3, 0.4) is 0 Å². The SMILES string of the molecule is COC(=O)N1CCN2C(=O)N(CCCCN3CCC(c4noc5cc(F)ccc45)CC3)C(=O)CC2C1. The number of urea groups is 1. The van der Waals surface area contributed by atoms with Gasteiger partial charge in [-0.2, -0.15) is 0 Å². The molecule has 4 amide bonds. The smallest absolute Gasteiger partial charge is 0.409 e. The largest absolute Gasteiger partial charge is 0.453 e. The first-order valence-corrected chi connectivity index (χ1v) is 12.7. The number of carbonyl (C=O) groups excluding carboxylic acids is 3. The maximum Gasteiger partial charge on any atom is 0.409 e. The third-order valence-corrected chi connectivity index (χ3v) is 7.65. The van der Waals surface area contributed by atoms with Gasteiger partial charge < -0.3 is 24.0 Å². The van der Waals surface area contributed by atoms with Crippen molar-refractivity contribution in [3.05, 3.63) is 29.7 Å². The molecule has 0 aliphatic carbocycles. The van der Waals surface area contributed by atoms with E-state index in [9.17, 15) is 18.8 Å². The van der Waals surface area contributed by atoms with Crippen molar-refractivity contribution in [2.45, 2.75) is 44.1 Å². The van der Waals surface area contributed by atoms with E-state index in [1.54, 1.807) is 15.9 Å². The molecule has 1 aromatic carbocycles. The summed E-state index contributed by atoms with van der Waals surface area (Å²) in [6, 6.07) is 4.03. The van der Waals surface area contributed by atoms with Crippen molar-refractivity contribution in [3.8, 4) is 0 Å². The van der Waals surface area contributed by atoms with E-state index in [0.717, 1.165) is 56.4 Å². The number of amides is 4. The number of halogens is 1. The van der Waals surface area contributed by atoms with Crippen molar-refractivity contribution in [2.24, 2.45) is 0 Å². The molecule has 0 N–H and O–H groups in total. The van der Waals surface area contributed by atoms with Crippen molar-refractivity contribution in [2.75, 3.05) is 52.9 Å². The number of methoxy groups -OCH3 is 1. The van der Waals surface area contributed by atoms with E-state index >= 15 is 0 Å². The van der Waals surface area contributed by atoms with Crippen LogP contribution in [-0.2, 0) is 9.53 Å². The Labute approximate surface area is 208 Å². The van der Waals surface area contributed by atoms with Gasteiger partial charge in [0.2, 0.25) is 5.91 Å². The Kier molecular flexibility index (Phi) is 7.08. The second kappa shape index (κ2) is 10.4. The van der Waals surface area contributed by atoms with Crippen molar-refractivity contribution in [1.29, 1.82) is 0 Å². The number of hydrogen-bond donors (Lipinski definition) is 0. The van der Waals surface area contributed by atoms with Gasteiger partial charge in [0.25, 0.3) is 0 Å². The Bertz CT molecular complexity index is 1130. The van der Waals surface area contributed by atoms with E-state index in [-0.39, 0.29) is 30.2 Å². The Morgan fingerprint density at radius 1 is 1.14 bits per heavy atom. The van der Waals surface area contributed by atoms with Crippen molar-refractivity contribution < 1.29 is 28.0 Å². The first kappa shape index (κ1) is 24.5. The third kappa shape index (κ3) is 4.88. The zero-order valence-corrected chi connectivity index (χ0v) is 20.5. The van der Waals surface area contributed by atoms with Gasteiger partial charge in [-0.05, 0) is 57.5 Å². The fourth-order valence-electron chi connectivity index (χ4n) is 5.63. The van der Waals surface area contributed by atoms with Gasteiger partial charge >= 0.3 is 12.1 Å². The number of imide groups is 1. The first-order valence-electron chi connectivity index (χ1n) is 12.7. The van der Waals surface area contributed by atoms with Crippen LogP contribution in [0.15, 0.2) is 22.7 Å². The van der Waals surface area contributed by atoms with Crippen LogP contribution in [0.5, 0.6) is 0 Å². The lowest BCUT2D eigenvalue weighted by molar-refractivity contribution is -0.133. The standard InChI is InChI=1S/C25H32FN5O5/c1-35-25(34)29-12-13-30-19(16-29)15-22(32)31(24(30)33)9-3-2-8-28-10-6-17(7-11-28)23-20-5-4-18(26)14-21(20)36-27-23/h4-5,14,17,19H,2-3,6-13,15-16H2,1H3. The number of likely N-dealkylation sites (tertiary alicyclic amines) is 1. The predicted molar refractivity (Wildman–Crippen MR) is 128 cm³/mol. The van der Waals surface area contributed by atoms with Crippen LogP contribution in [0.1, 0.15) is 43.7 Å². The lowest BCUT2D eigenvalue weighted by atomic mass is 9.91. The summed E-state index contributed by atoms with van der Waals surface area (Å²) in [5.74, 6) is -0.202. The normalized spacial score (nSPS) is 21.8. The second-order valence-corrected chi connectivity index (χ2v) is 9.83. The number of ether oxygens (including phenoxy) is 1. The average molecular weight is 502 g/mol. The Hall–Kier alpha value is -3.21. The molecular weight excluding hydrogens is 469 g/mol. The number of piperidine rings is 1. The zero-order valence-electron chi connectivity index (χ0n) is 20.5. The maximum atomic E-state index is 13.4. The number of benzene rings is 1. The lowest BCUT2D eigenvalue weighted by Crippen LogP contribution is -2.64. The fraction of sp³-hybridized carbons (Fsp3) is 0.600. The molecule has 3 fully saturated rings. The van der Waals surface area contributed by atoms with Gasteiger partial charge in [-0.1, -0.05) is 5.16 Å². The molecule has 0 spiro atoms. The molecular formula is C25H32FN5O5. The van der Waals surface area contributed by atoms with E-state index in [2.05, 4.69) is 10.1 Å². The number of hydrogen-bond acceptors (Lipinski definition) is 7. The van der Waals surface area contributed by atoms with Crippen LogP contribution in [0, 0.1) is 5.82 Å². The van der Waals surface area contributed by atoms with Gasteiger partial charge in [-0.25, -0.2) is 14.0 Å². The van der Waals surface area contributed by atoms with E-state index in [1.165, 1.54) is 24.1 Å². The van der Waals surface area contributed by atoms with Crippen LogP contribution in [0.2, 0.25) is 0 Å². The Morgan fingerprint density at radius 3 is 2.69 bits per heavy atom. The van der Waals surface area contributed by atoms with Crippen LogP contribution in [-0.4, -0.2) is 102 Å². The number of carbonyl (C=O) groups is 3. The first-order chi connectivity index (χ1) is 17.4. The summed E-state index contributed by atoms with van der Waals surface area (Å²) in [5.41, 5.74) is 1.41. The summed E-state index contributed by atoms with van der Waals surface area (Å²) >= 11 is 0. The average Bonchev–Trinajstić information content (AvgIpc) is 3.30. The van der Waals surface area contributed by atoms with Crippen molar-refractivity contribution in [3.63, 3.8) is 0 Å². The predicted octanol–water partition coefficient (Wildman–Crippen LogP) is 3.03. The number of aromatic nitrogens is 1. The van der Waals surface area contributed by atoms with Crippen molar-refractivity contribution >= 4 is 29.0 Å². The van der Waals surface area contributed by atoms with Crippen LogP contribution < -0.4 is 0 Å². The number of fused-ring (bicyclic) bond motifs is 2. The van der Waals surface area contributed by atoms with E-state index in [4.69, 9.17) is 9.26 Å². The Morgan fingerprint density at radius 2 is 1.92 bits per heavy atom. The minimum atomic E-state index is -0.425. The summed E-state index contributed by atoms with van der Waals surface area (Å²) in [6.45, 7) is 4.35. The molecule has 194 valence electrons. The summed E-state index contributed by atoms with van der Waals surface area (Å²) in [4.78, 5) is 44.4. The van der Waals surface area contributed by atoms with Gasteiger partial charge in [0.1, 0.15) is 5.82 Å². The van der Waals surface area contributed by atoms with E-state index < -0.39 is 6.09 Å². The molecule has 2 aromatic rings. The highest BCUT2D eigenvalue weighted by atomic mass is 19.1. The summed E-state index contributed by atoms with van der Waals surface area (Å²) in [7, 11) is 1.33. The van der Waals surface area contributed by atoms with Gasteiger partial charge in [-0.3, -0.25) is 9.69 Å². The fourth-order valence-corrected chi connectivity index (χ4v) is 5.63. The zero-order chi connectivity index (χ0) is 25.2. The van der Waals surface area contributed by atoms with Crippen LogP contribution in [0.4, 0.5) is 14.0 Å². The lowest BCUT2D eigenvalue weighted by Gasteiger charge is -2.45. The molecule has 1 aromatic heterocycles. The molecule has 1 atom stereocenters. The summed E-state index contributed by atoms with van der Waals surface area (Å²) < 4.78 is 23.5. The quantitative estimate of drug-likeness (QED) is 0.561. The number of piperazine rings is 1. The summed E-state index contributed by atoms with van der Waals surface area (Å²) in [6.07, 6.45) is 3.38. The molecule has 10 nitrogen and oxygen atoms in total. The number of nitrogens with zero attached hydrogens (tertiary/aromatic N) is 5. The second-order valence-electron chi connectivity index (χ2n) is 9.83. The monoisotopic (exact) mass is 501 g/mol. The van der Waals surface area contributed by atoms with Gasteiger partial charge in [0.15, 0.2) is 5.58 Å².